The summed E-state index contributed by atoms with van der Waals surface area (Å²) in [7, 11) is 1.66. The topological polar surface area (TPSA) is 111 Å². The van der Waals surface area contributed by atoms with Gasteiger partial charge in [0.15, 0.2) is 5.82 Å². The Balaban J connectivity index is 1.19. The van der Waals surface area contributed by atoms with Crippen molar-refractivity contribution in [2.75, 3.05) is 13.7 Å². The van der Waals surface area contributed by atoms with Crippen LogP contribution >= 0.6 is 0 Å². The smallest absolute Gasteiger partial charge is 0.274 e. The molecule has 41 heavy (non-hydrogen) atoms. The SMILES string of the molecule is COc1cccc(C2(CNC(=O)c3c(C)cccc3OCc3cc(=O)n4[nH]c(-c5ccccc5)nc4n3)CCC2)c1. The number of nitrogens with one attached hydrogen (secondary N) is 2. The van der Waals surface area contributed by atoms with Crippen LogP contribution in [-0.2, 0) is 12.0 Å². The molecule has 1 aliphatic rings. The van der Waals surface area contributed by atoms with Crippen LogP contribution < -0.4 is 20.3 Å². The summed E-state index contributed by atoms with van der Waals surface area (Å²) in [6.07, 6.45) is 3.12. The van der Waals surface area contributed by atoms with Crippen molar-refractivity contribution in [1.82, 2.24) is 24.9 Å². The summed E-state index contributed by atoms with van der Waals surface area (Å²) in [5, 5.41) is 6.16. The third-order valence-electron chi connectivity index (χ3n) is 7.85. The van der Waals surface area contributed by atoms with E-state index in [1.165, 1.54) is 16.1 Å². The van der Waals surface area contributed by atoms with Crippen molar-refractivity contribution < 1.29 is 14.3 Å². The van der Waals surface area contributed by atoms with E-state index in [1.807, 2.05) is 61.5 Å². The lowest BCUT2D eigenvalue weighted by Crippen LogP contribution is -2.45. The monoisotopic (exact) mass is 549 g/mol. The second-order valence-electron chi connectivity index (χ2n) is 10.4. The number of rotatable bonds is 9. The molecular formula is C32H31N5O4. The lowest BCUT2D eigenvalue weighted by Gasteiger charge is -2.42. The number of aromatic amines is 1. The Labute approximate surface area is 237 Å². The van der Waals surface area contributed by atoms with Crippen molar-refractivity contribution in [2.24, 2.45) is 0 Å². The summed E-state index contributed by atoms with van der Waals surface area (Å²) in [6, 6.07) is 24.5. The van der Waals surface area contributed by atoms with Crippen molar-refractivity contribution in [2.45, 2.75) is 38.2 Å². The third kappa shape index (κ3) is 5.18. The fourth-order valence-electron chi connectivity index (χ4n) is 5.39. The van der Waals surface area contributed by atoms with Crippen LogP contribution in [-0.4, -0.2) is 39.1 Å². The summed E-state index contributed by atoms with van der Waals surface area (Å²) in [5.41, 5.74) is 3.29. The van der Waals surface area contributed by atoms with Gasteiger partial charge in [0.1, 0.15) is 18.1 Å². The Kier molecular flexibility index (Phi) is 7.01. The molecule has 3 aromatic carbocycles. The van der Waals surface area contributed by atoms with Crippen molar-refractivity contribution in [3.05, 3.63) is 112 Å². The maximum atomic E-state index is 13.5. The predicted octanol–water partition coefficient (Wildman–Crippen LogP) is 4.83. The molecule has 0 atom stereocenters. The van der Waals surface area contributed by atoms with Crippen LogP contribution in [0.15, 0.2) is 83.7 Å². The van der Waals surface area contributed by atoms with E-state index in [0.717, 1.165) is 36.1 Å². The molecule has 0 unspecified atom stereocenters. The van der Waals surface area contributed by atoms with Crippen LogP contribution in [0.3, 0.4) is 0 Å². The van der Waals surface area contributed by atoms with Crippen LogP contribution in [0.5, 0.6) is 11.5 Å². The Morgan fingerprint density at radius 1 is 1.02 bits per heavy atom. The highest BCUT2D eigenvalue weighted by Crippen LogP contribution is 2.44. The van der Waals surface area contributed by atoms with Gasteiger partial charge in [-0.05, 0) is 49.1 Å². The fourth-order valence-corrected chi connectivity index (χ4v) is 5.39. The quantitative estimate of drug-likeness (QED) is 0.272. The Morgan fingerprint density at radius 3 is 2.59 bits per heavy atom. The molecule has 2 N–H and O–H groups in total. The first-order chi connectivity index (χ1) is 20.0. The Bertz CT molecular complexity index is 1770. The minimum atomic E-state index is -0.297. The normalized spacial score (nSPS) is 13.9. The highest BCUT2D eigenvalue weighted by Gasteiger charge is 2.39. The molecule has 0 radical (unpaired) electrons. The molecule has 2 heterocycles. The number of carbonyl (C=O) groups excluding carboxylic acids is 1. The Morgan fingerprint density at radius 2 is 1.83 bits per heavy atom. The molecule has 9 nitrogen and oxygen atoms in total. The van der Waals surface area contributed by atoms with E-state index < -0.39 is 0 Å². The number of hydrogen-bond donors (Lipinski definition) is 2. The molecule has 0 saturated heterocycles. The van der Waals surface area contributed by atoms with Crippen LogP contribution in [0, 0.1) is 6.92 Å². The number of methoxy groups -OCH3 is 1. The van der Waals surface area contributed by atoms with Gasteiger partial charge in [-0.1, -0.05) is 61.0 Å². The van der Waals surface area contributed by atoms with Crippen molar-refractivity contribution in [3.8, 4) is 22.9 Å². The highest BCUT2D eigenvalue weighted by atomic mass is 16.5. The van der Waals surface area contributed by atoms with Crippen LogP contribution in [0.1, 0.15) is 46.4 Å². The van der Waals surface area contributed by atoms with E-state index in [4.69, 9.17) is 9.47 Å². The second kappa shape index (κ2) is 10.9. The molecule has 6 rings (SSSR count). The summed E-state index contributed by atoms with van der Waals surface area (Å²) in [5.74, 6) is 1.84. The van der Waals surface area contributed by atoms with Gasteiger partial charge in [-0.25, -0.2) is 4.98 Å². The van der Waals surface area contributed by atoms with E-state index in [1.54, 1.807) is 13.2 Å². The van der Waals surface area contributed by atoms with Crippen molar-refractivity contribution >= 4 is 11.7 Å². The summed E-state index contributed by atoms with van der Waals surface area (Å²) >= 11 is 0. The molecule has 0 spiro atoms. The summed E-state index contributed by atoms with van der Waals surface area (Å²) in [6.45, 7) is 2.41. The maximum absolute atomic E-state index is 13.5. The van der Waals surface area contributed by atoms with Gasteiger partial charge in [0.25, 0.3) is 17.2 Å². The van der Waals surface area contributed by atoms with Crippen LogP contribution in [0.2, 0.25) is 0 Å². The lowest BCUT2D eigenvalue weighted by molar-refractivity contribution is 0.0922. The number of fused-ring (bicyclic) bond motifs is 1. The molecule has 2 aromatic heterocycles. The van der Waals surface area contributed by atoms with Gasteiger partial charge < -0.3 is 14.8 Å². The van der Waals surface area contributed by atoms with Gasteiger partial charge in [-0.3, -0.25) is 14.7 Å². The van der Waals surface area contributed by atoms with E-state index in [-0.39, 0.29) is 29.3 Å². The average Bonchev–Trinajstić information content (AvgIpc) is 3.41. The second-order valence-corrected chi connectivity index (χ2v) is 10.4. The first-order valence-corrected chi connectivity index (χ1v) is 13.6. The van der Waals surface area contributed by atoms with E-state index in [2.05, 4.69) is 32.5 Å². The van der Waals surface area contributed by atoms with Crippen LogP contribution in [0.25, 0.3) is 17.2 Å². The number of nitrogens with zero attached hydrogens (tertiary/aromatic N) is 3. The molecule has 1 aliphatic carbocycles. The van der Waals surface area contributed by atoms with Gasteiger partial charge >= 0.3 is 0 Å². The number of H-pyrrole nitrogens is 1. The molecule has 5 aromatic rings. The van der Waals surface area contributed by atoms with Gasteiger partial charge in [0.05, 0.1) is 18.4 Å². The summed E-state index contributed by atoms with van der Waals surface area (Å²) in [4.78, 5) is 35.3. The fraction of sp³-hybridized carbons (Fsp3) is 0.250. The number of aryl methyl sites for hydroxylation is 1. The molecule has 1 saturated carbocycles. The number of aromatic nitrogens is 4. The van der Waals surface area contributed by atoms with Gasteiger partial charge in [0.2, 0.25) is 0 Å². The largest absolute Gasteiger partial charge is 0.497 e. The average molecular weight is 550 g/mol. The molecule has 208 valence electrons. The number of hydrogen-bond acceptors (Lipinski definition) is 6. The molecule has 0 aliphatic heterocycles. The summed E-state index contributed by atoms with van der Waals surface area (Å²) < 4.78 is 12.8. The number of amides is 1. The van der Waals surface area contributed by atoms with Gasteiger partial charge in [-0.2, -0.15) is 9.50 Å². The van der Waals surface area contributed by atoms with E-state index >= 15 is 0 Å². The van der Waals surface area contributed by atoms with Gasteiger partial charge in [-0.15, -0.1) is 0 Å². The predicted molar refractivity (Wildman–Crippen MR) is 155 cm³/mol. The zero-order chi connectivity index (χ0) is 28.4. The highest BCUT2D eigenvalue weighted by molar-refractivity contribution is 5.98. The molecule has 1 amide bonds. The number of carbonyl (C=O) groups is 1. The zero-order valence-corrected chi connectivity index (χ0v) is 23.0. The molecular weight excluding hydrogens is 518 g/mol. The number of ether oxygens (including phenoxy) is 2. The minimum Gasteiger partial charge on any atom is -0.497 e. The zero-order valence-electron chi connectivity index (χ0n) is 23.0. The van der Waals surface area contributed by atoms with Crippen molar-refractivity contribution in [3.63, 3.8) is 0 Å². The first-order valence-electron chi connectivity index (χ1n) is 13.6. The van der Waals surface area contributed by atoms with E-state index in [0.29, 0.717) is 29.4 Å². The van der Waals surface area contributed by atoms with Crippen LogP contribution in [0.4, 0.5) is 0 Å². The Hall–Kier alpha value is -4.92. The van der Waals surface area contributed by atoms with E-state index in [9.17, 15) is 9.59 Å². The maximum Gasteiger partial charge on any atom is 0.274 e. The standard InChI is InChI=1S/C32H31N5O4/c1-21-9-6-14-26(28(21)30(39)33-20-32(15-8-16-32)23-12-7-13-25(17-23)40-2)41-19-24-18-27(38)37-31(34-24)35-29(36-37)22-10-4-3-5-11-22/h3-7,9-14,17-18H,8,15-16,19-20H2,1-2H3,(H,33,39)(H,34,35,36). The molecule has 9 heteroatoms. The first kappa shape index (κ1) is 26.3. The van der Waals surface area contributed by atoms with Gasteiger partial charge in [0, 0.05) is 23.6 Å². The third-order valence-corrected chi connectivity index (χ3v) is 7.85. The minimum absolute atomic E-state index is 0.0107. The molecule has 0 bridgehead atoms. The lowest BCUT2D eigenvalue weighted by atomic mass is 9.64. The number of benzene rings is 3. The van der Waals surface area contributed by atoms with Crippen molar-refractivity contribution in [1.29, 1.82) is 0 Å². The molecule has 1 fully saturated rings.